The number of hydrogen-bond donors (Lipinski definition) is 0. The van der Waals surface area contributed by atoms with Crippen molar-refractivity contribution >= 4 is 43.1 Å². The van der Waals surface area contributed by atoms with Crippen LogP contribution in [0.2, 0.25) is 0 Å². The van der Waals surface area contributed by atoms with Gasteiger partial charge in [0.05, 0.1) is 0 Å². The van der Waals surface area contributed by atoms with Gasteiger partial charge in [-0.05, 0) is 71.4 Å². The normalized spacial score (nSPS) is 11.5. The van der Waals surface area contributed by atoms with Crippen LogP contribution in [0.5, 0.6) is 0 Å². The summed E-state index contributed by atoms with van der Waals surface area (Å²) < 4.78 is 0. The van der Waals surface area contributed by atoms with Crippen LogP contribution in [-0.2, 0) is 0 Å². The van der Waals surface area contributed by atoms with E-state index >= 15 is 0 Å². The van der Waals surface area contributed by atoms with Gasteiger partial charge in [-0.2, -0.15) is 0 Å². The number of hydrogen-bond acceptors (Lipinski definition) is 0. The Bertz CT molecular complexity index is 1850. The molecule has 0 saturated heterocycles. The molecule has 0 spiro atoms. The lowest BCUT2D eigenvalue weighted by molar-refractivity contribution is 1.67. The third kappa shape index (κ3) is 2.86. The van der Waals surface area contributed by atoms with Gasteiger partial charge in [0.1, 0.15) is 0 Å². The van der Waals surface area contributed by atoms with Gasteiger partial charge in [-0.25, -0.2) is 0 Å². The summed E-state index contributed by atoms with van der Waals surface area (Å²) in [5, 5.41) is 10.3. The van der Waals surface area contributed by atoms with Gasteiger partial charge in [0.25, 0.3) is 0 Å². The maximum absolute atomic E-state index is 2.36. The summed E-state index contributed by atoms with van der Waals surface area (Å²) in [6, 6.07) is 48.6. The van der Waals surface area contributed by atoms with Gasteiger partial charge in [-0.15, -0.1) is 0 Å². The molecular weight excluding hydrogens is 408 g/mol. The van der Waals surface area contributed by atoms with Crippen LogP contribution in [0.1, 0.15) is 0 Å². The van der Waals surface area contributed by atoms with E-state index in [1.165, 1.54) is 65.3 Å². The monoisotopic (exact) mass is 430 g/mol. The fraction of sp³-hybridized carbons (Fsp3) is 0. The van der Waals surface area contributed by atoms with Gasteiger partial charge in [-0.3, -0.25) is 0 Å². The molecule has 0 bridgehead atoms. The fourth-order valence-electron chi connectivity index (χ4n) is 5.52. The molecule has 0 heteroatoms. The first-order valence-electron chi connectivity index (χ1n) is 11.8. The lowest BCUT2D eigenvalue weighted by Crippen LogP contribution is -1.88. The summed E-state index contributed by atoms with van der Waals surface area (Å²) in [5.74, 6) is 0. The van der Waals surface area contributed by atoms with Crippen molar-refractivity contribution in [2.45, 2.75) is 0 Å². The highest BCUT2D eigenvalue weighted by molar-refractivity contribution is 6.17. The molecule has 7 rings (SSSR count). The van der Waals surface area contributed by atoms with Crippen LogP contribution >= 0.6 is 0 Å². The number of rotatable bonds is 2. The zero-order chi connectivity index (χ0) is 22.5. The molecular formula is C34H22. The van der Waals surface area contributed by atoms with Crippen molar-refractivity contribution in [3.8, 4) is 22.3 Å². The Hall–Kier alpha value is -4.42. The number of benzene rings is 7. The first-order valence-corrected chi connectivity index (χ1v) is 11.8. The van der Waals surface area contributed by atoms with Gasteiger partial charge >= 0.3 is 0 Å². The molecule has 0 unspecified atom stereocenters. The smallest absolute Gasteiger partial charge is 0.00928 e. The topological polar surface area (TPSA) is 0 Å². The van der Waals surface area contributed by atoms with Crippen molar-refractivity contribution in [3.63, 3.8) is 0 Å². The molecule has 0 fully saturated rings. The lowest BCUT2D eigenvalue weighted by Gasteiger charge is -2.15. The van der Waals surface area contributed by atoms with Crippen molar-refractivity contribution in [1.29, 1.82) is 0 Å². The van der Waals surface area contributed by atoms with Gasteiger partial charge in [0.2, 0.25) is 0 Å². The summed E-state index contributed by atoms with van der Waals surface area (Å²) in [6.45, 7) is 0. The summed E-state index contributed by atoms with van der Waals surface area (Å²) in [4.78, 5) is 0. The highest BCUT2D eigenvalue weighted by Gasteiger charge is 2.13. The van der Waals surface area contributed by atoms with Crippen molar-refractivity contribution in [1.82, 2.24) is 0 Å². The van der Waals surface area contributed by atoms with E-state index in [9.17, 15) is 0 Å². The Labute approximate surface area is 198 Å². The molecule has 0 aromatic heterocycles. The van der Waals surface area contributed by atoms with Crippen LogP contribution in [0.4, 0.5) is 0 Å². The van der Waals surface area contributed by atoms with Gasteiger partial charge in [0, 0.05) is 0 Å². The van der Waals surface area contributed by atoms with E-state index in [1.807, 2.05) is 0 Å². The number of fused-ring (bicyclic) bond motifs is 5. The molecule has 0 saturated carbocycles. The molecule has 34 heavy (non-hydrogen) atoms. The average Bonchev–Trinajstić information content (AvgIpc) is 2.92. The standard InChI is InChI=1S/C34H22/c1-3-13-25-23(10-1)12-7-17-28(25)29-18-8-20-31-30(29)19-9-21-33(31)34-22-24-11-2-4-14-26(24)27-15-5-6-16-32(27)34/h1-22H. The van der Waals surface area contributed by atoms with Gasteiger partial charge < -0.3 is 0 Å². The summed E-state index contributed by atoms with van der Waals surface area (Å²) in [5.41, 5.74) is 5.13. The predicted octanol–water partition coefficient (Wildman–Crippen LogP) is 9.63. The second kappa shape index (κ2) is 7.57. The molecule has 0 radical (unpaired) electrons. The Morgan fingerprint density at radius 2 is 0.647 bits per heavy atom. The fourth-order valence-corrected chi connectivity index (χ4v) is 5.52. The Balaban J connectivity index is 1.56. The summed E-state index contributed by atoms with van der Waals surface area (Å²) in [7, 11) is 0. The van der Waals surface area contributed by atoms with E-state index in [0.717, 1.165) is 0 Å². The zero-order valence-corrected chi connectivity index (χ0v) is 18.7. The molecule has 0 amide bonds. The van der Waals surface area contributed by atoms with Gasteiger partial charge in [-0.1, -0.05) is 127 Å². The summed E-state index contributed by atoms with van der Waals surface area (Å²) >= 11 is 0. The Kier molecular flexibility index (Phi) is 4.25. The molecule has 0 nitrogen and oxygen atoms in total. The molecule has 0 aliphatic carbocycles. The summed E-state index contributed by atoms with van der Waals surface area (Å²) in [6.07, 6.45) is 0. The molecule has 0 heterocycles. The second-order valence-corrected chi connectivity index (χ2v) is 8.92. The molecule has 0 aliphatic rings. The van der Waals surface area contributed by atoms with Crippen molar-refractivity contribution in [3.05, 3.63) is 133 Å². The van der Waals surface area contributed by atoms with E-state index in [0.29, 0.717) is 0 Å². The van der Waals surface area contributed by atoms with E-state index < -0.39 is 0 Å². The largest absolute Gasteiger partial charge is 0.0616 e. The van der Waals surface area contributed by atoms with Crippen molar-refractivity contribution < 1.29 is 0 Å². The molecule has 7 aromatic carbocycles. The minimum atomic E-state index is 1.27. The van der Waals surface area contributed by atoms with E-state index in [2.05, 4.69) is 133 Å². The maximum atomic E-state index is 2.36. The molecule has 158 valence electrons. The minimum absolute atomic E-state index is 1.27. The highest BCUT2D eigenvalue weighted by Crippen LogP contribution is 2.41. The van der Waals surface area contributed by atoms with Crippen LogP contribution in [0.25, 0.3) is 65.3 Å². The Morgan fingerprint density at radius 3 is 1.38 bits per heavy atom. The van der Waals surface area contributed by atoms with Crippen LogP contribution in [-0.4, -0.2) is 0 Å². The molecule has 0 aliphatic heterocycles. The first kappa shape index (κ1) is 19.1. The minimum Gasteiger partial charge on any atom is -0.0616 e. The van der Waals surface area contributed by atoms with Crippen molar-refractivity contribution in [2.75, 3.05) is 0 Å². The van der Waals surface area contributed by atoms with E-state index in [1.54, 1.807) is 0 Å². The average molecular weight is 431 g/mol. The van der Waals surface area contributed by atoms with Crippen molar-refractivity contribution in [2.24, 2.45) is 0 Å². The Morgan fingerprint density at radius 1 is 0.235 bits per heavy atom. The first-order chi connectivity index (χ1) is 16.9. The van der Waals surface area contributed by atoms with Crippen LogP contribution < -0.4 is 0 Å². The lowest BCUT2D eigenvalue weighted by atomic mass is 9.88. The zero-order valence-electron chi connectivity index (χ0n) is 18.7. The maximum Gasteiger partial charge on any atom is -0.00928 e. The SMILES string of the molecule is c1ccc2c(-c3cccc4c(-c5cc6ccccc6c6ccccc56)cccc34)cccc2c1. The molecule has 0 atom stereocenters. The van der Waals surface area contributed by atoms with Crippen LogP contribution in [0.15, 0.2) is 133 Å². The van der Waals surface area contributed by atoms with Gasteiger partial charge in [0.15, 0.2) is 0 Å². The predicted molar refractivity (Wildman–Crippen MR) is 147 cm³/mol. The third-order valence-electron chi connectivity index (χ3n) is 7.06. The quantitative estimate of drug-likeness (QED) is 0.239. The van der Waals surface area contributed by atoms with Crippen LogP contribution in [0, 0.1) is 0 Å². The molecule has 7 aromatic rings. The third-order valence-corrected chi connectivity index (χ3v) is 7.06. The molecule has 0 N–H and O–H groups in total. The van der Waals surface area contributed by atoms with E-state index in [-0.39, 0.29) is 0 Å². The second-order valence-electron chi connectivity index (χ2n) is 8.92. The van der Waals surface area contributed by atoms with E-state index in [4.69, 9.17) is 0 Å². The van der Waals surface area contributed by atoms with Crippen LogP contribution in [0.3, 0.4) is 0 Å². The highest BCUT2D eigenvalue weighted by atomic mass is 14.2.